The molecule has 1 aliphatic heterocycles. The van der Waals surface area contributed by atoms with Crippen LogP contribution in [0.3, 0.4) is 0 Å². The summed E-state index contributed by atoms with van der Waals surface area (Å²) in [5.41, 5.74) is 4.03. The second-order valence-electron chi connectivity index (χ2n) is 9.43. The van der Waals surface area contributed by atoms with Crippen LogP contribution in [0.5, 0.6) is 0 Å². The maximum atomic E-state index is 14.4. The third-order valence-corrected chi connectivity index (χ3v) is 6.58. The highest BCUT2D eigenvalue weighted by Crippen LogP contribution is 2.27. The third kappa shape index (κ3) is 6.13. The minimum atomic E-state index is -1.21. The number of nitrogens with zero attached hydrogens (tertiary/aromatic N) is 2. The topological polar surface area (TPSA) is 62.3 Å². The first-order chi connectivity index (χ1) is 16.9. The molecule has 1 N–H and O–H groups in total. The summed E-state index contributed by atoms with van der Waals surface area (Å²) >= 11 is 0. The van der Waals surface area contributed by atoms with Crippen LogP contribution in [-0.2, 0) is 16.0 Å². The van der Waals surface area contributed by atoms with Gasteiger partial charge < -0.3 is 10.2 Å². The van der Waals surface area contributed by atoms with Crippen molar-refractivity contribution in [3.63, 3.8) is 0 Å². The summed E-state index contributed by atoms with van der Waals surface area (Å²) < 4.78 is 14.4. The molecule has 1 aromatic heterocycles. The zero-order valence-corrected chi connectivity index (χ0v) is 20.2. The van der Waals surface area contributed by atoms with Crippen LogP contribution in [0, 0.1) is 0 Å². The van der Waals surface area contributed by atoms with Gasteiger partial charge in [0.05, 0.1) is 12.6 Å². The molecule has 0 spiro atoms. The summed E-state index contributed by atoms with van der Waals surface area (Å²) in [4.78, 5) is 31.9. The van der Waals surface area contributed by atoms with E-state index in [0.29, 0.717) is 12.3 Å². The number of amides is 2. The number of halogens is 1. The number of carbonyl (C=O) groups is 2. The molecule has 0 bridgehead atoms. The van der Waals surface area contributed by atoms with Gasteiger partial charge >= 0.3 is 0 Å². The number of likely N-dealkylation sites (tertiary alicyclic amines) is 1. The molecule has 1 aliphatic rings. The van der Waals surface area contributed by atoms with Gasteiger partial charge in [0.15, 0.2) is 0 Å². The highest BCUT2D eigenvalue weighted by Gasteiger charge is 2.40. The Hall–Kier alpha value is -3.54. The van der Waals surface area contributed by atoms with Crippen molar-refractivity contribution in [1.29, 1.82) is 0 Å². The Morgan fingerprint density at radius 3 is 2.34 bits per heavy atom. The zero-order chi connectivity index (χ0) is 24.8. The van der Waals surface area contributed by atoms with Crippen molar-refractivity contribution in [3.8, 4) is 0 Å². The van der Waals surface area contributed by atoms with Crippen LogP contribution in [0.1, 0.15) is 60.9 Å². The standard InChI is InChI=1S/C29H32FN3O2/c1-20(2)22-11-13-24(14-12-22)28(23-8-4-3-5-9-23)32-29(35)26-17-25(30)19-33(26)27(34)15-10-21-7-6-16-31-18-21/h3-9,11-14,16,18,20,25-26,28H,10,15,17,19H2,1-2H3,(H,32,35)/t25-,26+,28+/m1/s1. The van der Waals surface area contributed by atoms with Gasteiger partial charge in [-0.3, -0.25) is 14.6 Å². The molecule has 0 radical (unpaired) electrons. The van der Waals surface area contributed by atoms with Gasteiger partial charge in [-0.25, -0.2) is 4.39 Å². The number of aryl methyl sites for hydroxylation is 1. The SMILES string of the molecule is CC(C)c1ccc([C@@H](NC(=O)[C@@H]2C[C@@H](F)CN2C(=O)CCc2cccnc2)c2ccccc2)cc1. The molecule has 0 unspecified atom stereocenters. The van der Waals surface area contributed by atoms with E-state index in [9.17, 15) is 14.0 Å². The lowest BCUT2D eigenvalue weighted by molar-refractivity contribution is -0.138. The van der Waals surface area contributed by atoms with E-state index in [1.165, 1.54) is 10.5 Å². The zero-order valence-electron chi connectivity index (χ0n) is 20.2. The average Bonchev–Trinajstić information content (AvgIpc) is 3.29. The Kier molecular flexibility index (Phi) is 7.91. The van der Waals surface area contributed by atoms with Crippen LogP contribution in [0.2, 0.25) is 0 Å². The van der Waals surface area contributed by atoms with E-state index in [2.05, 4.69) is 36.3 Å². The molecule has 6 heteroatoms. The number of hydrogen-bond acceptors (Lipinski definition) is 3. The first kappa shape index (κ1) is 24.6. The number of hydrogen-bond donors (Lipinski definition) is 1. The molecule has 3 aromatic rings. The average molecular weight is 474 g/mol. The maximum absolute atomic E-state index is 14.4. The first-order valence-electron chi connectivity index (χ1n) is 12.2. The molecule has 182 valence electrons. The van der Waals surface area contributed by atoms with Gasteiger partial charge in [0.2, 0.25) is 11.8 Å². The van der Waals surface area contributed by atoms with Crippen molar-refractivity contribution in [1.82, 2.24) is 15.2 Å². The van der Waals surface area contributed by atoms with E-state index >= 15 is 0 Å². The number of rotatable bonds is 8. The Morgan fingerprint density at radius 1 is 1.00 bits per heavy atom. The number of nitrogens with one attached hydrogen (secondary N) is 1. The van der Waals surface area contributed by atoms with Crippen LogP contribution in [0.15, 0.2) is 79.1 Å². The van der Waals surface area contributed by atoms with Gasteiger partial charge in [0.1, 0.15) is 12.2 Å². The summed E-state index contributed by atoms with van der Waals surface area (Å²) in [6.45, 7) is 4.22. The second kappa shape index (κ2) is 11.3. The Balaban J connectivity index is 1.51. The fraction of sp³-hybridized carbons (Fsp3) is 0.345. The quantitative estimate of drug-likeness (QED) is 0.502. The van der Waals surface area contributed by atoms with Gasteiger partial charge in [0.25, 0.3) is 0 Å². The van der Waals surface area contributed by atoms with Gasteiger partial charge in [-0.05, 0) is 40.7 Å². The first-order valence-corrected chi connectivity index (χ1v) is 12.2. The predicted molar refractivity (Wildman–Crippen MR) is 135 cm³/mol. The van der Waals surface area contributed by atoms with Crippen molar-refractivity contribution < 1.29 is 14.0 Å². The van der Waals surface area contributed by atoms with E-state index in [4.69, 9.17) is 0 Å². The number of aromatic nitrogens is 1. The predicted octanol–water partition coefficient (Wildman–Crippen LogP) is 4.98. The molecule has 2 aromatic carbocycles. The lowest BCUT2D eigenvalue weighted by Gasteiger charge is -2.27. The van der Waals surface area contributed by atoms with Gasteiger partial charge in [-0.1, -0.05) is 74.5 Å². The minimum absolute atomic E-state index is 0.0122. The fourth-order valence-corrected chi connectivity index (χ4v) is 4.57. The monoisotopic (exact) mass is 473 g/mol. The summed E-state index contributed by atoms with van der Waals surface area (Å²) in [6.07, 6.45) is 2.91. The summed E-state index contributed by atoms with van der Waals surface area (Å²) in [5, 5.41) is 3.11. The molecular formula is C29H32FN3O2. The molecule has 1 saturated heterocycles. The largest absolute Gasteiger partial charge is 0.343 e. The maximum Gasteiger partial charge on any atom is 0.243 e. The van der Waals surface area contributed by atoms with E-state index < -0.39 is 18.3 Å². The number of benzene rings is 2. The lowest BCUT2D eigenvalue weighted by Crippen LogP contribution is -2.47. The van der Waals surface area contributed by atoms with Crippen molar-refractivity contribution in [2.45, 2.75) is 57.3 Å². The number of alkyl halides is 1. The Labute approximate surface area is 206 Å². The smallest absolute Gasteiger partial charge is 0.243 e. The normalized spacial score (nSPS) is 18.5. The second-order valence-corrected chi connectivity index (χ2v) is 9.43. The minimum Gasteiger partial charge on any atom is -0.343 e. The van der Waals surface area contributed by atoms with Gasteiger partial charge in [-0.2, -0.15) is 0 Å². The van der Waals surface area contributed by atoms with Gasteiger partial charge in [-0.15, -0.1) is 0 Å². The van der Waals surface area contributed by atoms with Crippen molar-refractivity contribution >= 4 is 11.8 Å². The highest BCUT2D eigenvalue weighted by atomic mass is 19.1. The summed E-state index contributed by atoms with van der Waals surface area (Å²) in [6, 6.07) is 20.4. The number of pyridine rings is 1. The molecule has 5 nitrogen and oxygen atoms in total. The molecule has 0 aliphatic carbocycles. The van der Waals surface area contributed by atoms with E-state index in [-0.39, 0.29) is 31.2 Å². The van der Waals surface area contributed by atoms with Gasteiger partial charge in [0, 0.05) is 25.2 Å². The fourth-order valence-electron chi connectivity index (χ4n) is 4.57. The van der Waals surface area contributed by atoms with Crippen LogP contribution in [0.25, 0.3) is 0 Å². The van der Waals surface area contributed by atoms with E-state index in [1.54, 1.807) is 12.4 Å². The molecule has 2 amide bonds. The van der Waals surface area contributed by atoms with Crippen LogP contribution in [0.4, 0.5) is 4.39 Å². The van der Waals surface area contributed by atoms with Crippen molar-refractivity contribution in [2.24, 2.45) is 0 Å². The van der Waals surface area contributed by atoms with E-state index in [0.717, 1.165) is 16.7 Å². The molecule has 0 saturated carbocycles. The summed E-state index contributed by atoms with van der Waals surface area (Å²) in [7, 11) is 0. The molecule has 3 atom stereocenters. The van der Waals surface area contributed by atoms with Crippen LogP contribution >= 0.6 is 0 Å². The summed E-state index contributed by atoms with van der Waals surface area (Å²) in [5.74, 6) is -0.145. The Bertz CT molecular complexity index is 1120. The van der Waals surface area contributed by atoms with Crippen LogP contribution in [-0.4, -0.2) is 40.5 Å². The highest BCUT2D eigenvalue weighted by molar-refractivity contribution is 5.89. The molecular weight excluding hydrogens is 441 g/mol. The molecule has 2 heterocycles. The number of carbonyl (C=O) groups excluding carboxylic acids is 2. The third-order valence-electron chi connectivity index (χ3n) is 6.58. The molecule has 1 fully saturated rings. The van der Waals surface area contributed by atoms with E-state index in [1.807, 2.05) is 54.6 Å². The van der Waals surface area contributed by atoms with Crippen molar-refractivity contribution in [2.75, 3.05) is 6.54 Å². The van der Waals surface area contributed by atoms with Crippen LogP contribution < -0.4 is 5.32 Å². The Morgan fingerprint density at radius 2 is 1.69 bits per heavy atom. The molecule has 4 rings (SSSR count). The lowest BCUT2D eigenvalue weighted by atomic mass is 9.95. The molecule has 35 heavy (non-hydrogen) atoms. The van der Waals surface area contributed by atoms with Crippen molar-refractivity contribution in [3.05, 3.63) is 101 Å².